The molecule has 0 unspecified atom stereocenters. The fraction of sp³-hybridized carbons (Fsp3) is 0.455. The van der Waals surface area contributed by atoms with Crippen molar-refractivity contribution in [2.24, 2.45) is 0 Å². The van der Waals surface area contributed by atoms with Crippen molar-refractivity contribution in [1.29, 1.82) is 0 Å². The number of hydrogen-bond acceptors (Lipinski definition) is 2. The van der Waals surface area contributed by atoms with Crippen LogP contribution in [0.4, 0.5) is 0 Å². The van der Waals surface area contributed by atoms with Crippen LogP contribution in [0.1, 0.15) is 5.56 Å². The zero-order valence-electron chi connectivity index (χ0n) is 8.66. The number of likely N-dealkylation sites (N-methyl/N-ethyl adjacent to an activating group) is 1. The molecule has 0 spiro atoms. The van der Waals surface area contributed by atoms with E-state index in [1.807, 2.05) is 19.2 Å². The molecule has 0 N–H and O–H groups in total. The number of halogens is 1. The zero-order valence-corrected chi connectivity index (χ0v) is 9.42. The van der Waals surface area contributed by atoms with Crippen LogP contribution in [0, 0.1) is 0 Å². The maximum atomic E-state index is 5.68. The largest absolute Gasteiger partial charge is 0.497 e. The van der Waals surface area contributed by atoms with E-state index in [9.17, 15) is 0 Å². The number of benzene rings is 1. The zero-order chi connectivity index (χ0) is 10.4. The van der Waals surface area contributed by atoms with Crippen molar-refractivity contribution in [3.8, 4) is 5.75 Å². The van der Waals surface area contributed by atoms with Gasteiger partial charge in [-0.2, -0.15) is 0 Å². The van der Waals surface area contributed by atoms with Crippen LogP contribution in [0.15, 0.2) is 24.3 Å². The molecule has 1 aromatic carbocycles. The highest BCUT2D eigenvalue weighted by Crippen LogP contribution is 2.13. The van der Waals surface area contributed by atoms with Crippen molar-refractivity contribution in [3.63, 3.8) is 0 Å². The minimum Gasteiger partial charge on any atom is -0.497 e. The summed E-state index contributed by atoms with van der Waals surface area (Å²) < 4.78 is 5.15. The van der Waals surface area contributed by atoms with Gasteiger partial charge in [0.15, 0.2) is 0 Å². The molecule has 0 atom stereocenters. The Morgan fingerprint density at radius 2 is 2.21 bits per heavy atom. The second kappa shape index (κ2) is 5.89. The molecule has 1 aromatic rings. The summed E-state index contributed by atoms with van der Waals surface area (Å²) in [7, 11) is 3.69. The summed E-state index contributed by atoms with van der Waals surface area (Å²) in [5.74, 6) is 0.913. The molecule has 0 aliphatic rings. The first-order valence-corrected chi connectivity index (χ1v) is 5.17. The van der Waals surface area contributed by atoms with Crippen molar-refractivity contribution < 1.29 is 4.74 Å². The van der Waals surface area contributed by atoms with Crippen molar-refractivity contribution in [2.75, 3.05) is 26.7 Å². The Morgan fingerprint density at radius 3 is 2.86 bits per heavy atom. The van der Waals surface area contributed by atoms with Gasteiger partial charge in [0.25, 0.3) is 0 Å². The van der Waals surface area contributed by atoms with Gasteiger partial charge in [-0.05, 0) is 31.2 Å². The van der Waals surface area contributed by atoms with Crippen LogP contribution < -0.4 is 4.74 Å². The summed E-state index contributed by atoms with van der Waals surface area (Å²) >= 11 is 5.68. The van der Waals surface area contributed by atoms with Gasteiger partial charge in [-0.1, -0.05) is 12.1 Å². The molecule has 0 radical (unpaired) electrons. The van der Waals surface area contributed by atoms with Crippen LogP contribution in [0.5, 0.6) is 5.75 Å². The molecule has 0 aliphatic heterocycles. The second-order valence-electron chi connectivity index (χ2n) is 3.30. The molecule has 0 fully saturated rings. The van der Waals surface area contributed by atoms with Gasteiger partial charge >= 0.3 is 0 Å². The summed E-state index contributed by atoms with van der Waals surface area (Å²) in [6.07, 6.45) is 1.00. The maximum Gasteiger partial charge on any atom is 0.119 e. The Bertz CT molecular complexity index is 278. The van der Waals surface area contributed by atoms with Gasteiger partial charge in [0, 0.05) is 6.54 Å². The first kappa shape index (κ1) is 11.3. The Labute approximate surface area is 90.4 Å². The van der Waals surface area contributed by atoms with E-state index < -0.39 is 0 Å². The molecule has 78 valence electrons. The summed E-state index contributed by atoms with van der Waals surface area (Å²) in [6, 6.07) is 8.69. The predicted octanol–water partition coefficient (Wildman–Crippen LogP) is 2.37. The summed E-state index contributed by atoms with van der Waals surface area (Å²) in [6.45, 7) is 0.969. The molecular weight excluding hydrogens is 198 g/mol. The van der Waals surface area contributed by atoms with Crippen LogP contribution in [0.3, 0.4) is 0 Å². The molecule has 1 rings (SSSR count). The number of hydrogen-bond donors (Lipinski definition) is 0. The standard InChI is InChI=1S/C11H16ClNO/c1-13(9-12)7-6-10-4-3-5-11(8-10)14-2/h3-5,8H,6-7,9H2,1-2H3. The molecule has 0 aromatic heterocycles. The number of alkyl halides is 1. The van der Waals surface area contributed by atoms with E-state index in [-0.39, 0.29) is 0 Å². The Balaban J connectivity index is 2.50. The molecule has 14 heavy (non-hydrogen) atoms. The van der Waals surface area contributed by atoms with Gasteiger partial charge in [-0.15, -0.1) is 11.6 Å². The van der Waals surface area contributed by atoms with E-state index in [0.717, 1.165) is 18.7 Å². The molecule has 2 nitrogen and oxygen atoms in total. The van der Waals surface area contributed by atoms with Crippen LogP contribution in [-0.2, 0) is 6.42 Å². The highest BCUT2D eigenvalue weighted by atomic mass is 35.5. The molecular formula is C11H16ClNO. The third-order valence-electron chi connectivity index (χ3n) is 2.12. The number of rotatable bonds is 5. The normalized spacial score (nSPS) is 10.6. The van der Waals surface area contributed by atoms with Crippen LogP contribution >= 0.6 is 11.6 Å². The quantitative estimate of drug-likeness (QED) is 0.550. The molecule has 0 bridgehead atoms. The SMILES string of the molecule is COc1cccc(CCN(C)CCl)c1. The lowest BCUT2D eigenvalue weighted by Gasteiger charge is -2.12. The summed E-state index contributed by atoms with van der Waals surface area (Å²) in [4.78, 5) is 2.07. The van der Waals surface area contributed by atoms with E-state index in [1.165, 1.54) is 5.56 Å². The molecule has 0 amide bonds. The Morgan fingerprint density at radius 1 is 1.43 bits per heavy atom. The number of methoxy groups -OCH3 is 1. The number of nitrogens with zero attached hydrogens (tertiary/aromatic N) is 1. The summed E-state index contributed by atoms with van der Waals surface area (Å²) in [5, 5.41) is 0. The van der Waals surface area contributed by atoms with Crippen molar-refractivity contribution >= 4 is 11.6 Å². The third-order valence-corrected chi connectivity index (χ3v) is 2.53. The molecule has 0 aliphatic carbocycles. The van der Waals surface area contributed by atoms with Crippen molar-refractivity contribution in [1.82, 2.24) is 4.90 Å². The minimum absolute atomic E-state index is 0.573. The lowest BCUT2D eigenvalue weighted by Crippen LogP contribution is -2.19. The minimum atomic E-state index is 0.573. The first-order chi connectivity index (χ1) is 6.76. The summed E-state index contributed by atoms with van der Waals surface area (Å²) in [5.41, 5.74) is 1.28. The molecule has 3 heteroatoms. The fourth-order valence-electron chi connectivity index (χ4n) is 1.21. The van der Waals surface area contributed by atoms with Crippen molar-refractivity contribution in [3.05, 3.63) is 29.8 Å². The fourth-order valence-corrected chi connectivity index (χ4v) is 1.33. The van der Waals surface area contributed by atoms with Crippen LogP contribution in [0.2, 0.25) is 0 Å². The van der Waals surface area contributed by atoms with Gasteiger partial charge < -0.3 is 4.74 Å². The maximum absolute atomic E-state index is 5.68. The Hall–Kier alpha value is -0.730. The highest BCUT2D eigenvalue weighted by Gasteiger charge is 1.98. The monoisotopic (exact) mass is 213 g/mol. The highest BCUT2D eigenvalue weighted by molar-refractivity contribution is 6.17. The van der Waals surface area contributed by atoms with E-state index >= 15 is 0 Å². The molecule has 0 saturated carbocycles. The van der Waals surface area contributed by atoms with Crippen molar-refractivity contribution in [2.45, 2.75) is 6.42 Å². The average Bonchev–Trinajstić information content (AvgIpc) is 2.26. The number of ether oxygens (including phenoxy) is 1. The average molecular weight is 214 g/mol. The Kier molecular flexibility index (Phi) is 4.77. The topological polar surface area (TPSA) is 12.5 Å². The third kappa shape index (κ3) is 3.56. The van der Waals surface area contributed by atoms with Crippen LogP contribution in [-0.4, -0.2) is 31.6 Å². The predicted molar refractivity (Wildman–Crippen MR) is 60.0 cm³/mol. The molecule has 0 saturated heterocycles. The van der Waals surface area contributed by atoms with Gasteiger partial charge in [0.05, 0.1) is 13.1 Å². The molecule has 0 heterocycles. The van der Waals surface area contributed by atoms with Crippen LogP contribution in [0.25, 0.3) is 0 Å². The van der Waals surface area contributed by atoms with Gasteiger partial charge in [-0.3, -0.25) is 4.90 Å². The lowest BCUT2D eigenvalue weighted by atomic mass is 10.1. The van der Waals surface area contributed by atoms with Gasteiger partial charge in [-0.25, -0.2) is 0 Å². The van der Waals surface area contributed by atoms with Gasteiger partial charge in [0.1, 0.15) is 5.75 Å². The van der Waals surface area contributed by atoms with E-state index in [4.69, 9.17) is 16.3 Å². The smallest absolute Gasteiger partial charge is 0.119 e. The van der Waals surface area contributed by atoms with Gasteiger partial charge in [0.2, 0.25) is 0 Å². The van der Waals surface area contributed by atoms with E-state index in [0.29, 0.717) is 6.00 Å². The first-order valence-electron chi connectivity index (χ1n) is 4.63. The second-order valence-corrected chi connectivity index (χ2v) is 3.54. The lowest BCUT2D eigenvalue weighted by molar-refractivity contribution is 0.392. The van der Waals surface area contributed by atoms with E-state index in [1.54, 1.807) is 7.11 Å². The van der Waals surface area contributed by atoms with E-state index in [2.05, 4.69) is 17.0 Å².